The smallest absolute Gasteiger partial charge is 0.210 e. The van der Waals surface area contributed by atoms with Gasteiger partial charge in [0.25, 0.3) is 0 Å². The van der Waals surface area contributed by atoms with Gasteiger partial charge in [0.05, 0.1) is 5.52 Å². The van der Waals surface area contributed by atoms with E-state index in [1.54, 1.807) is 12.1 Å². The molecule has 0 aliphatic carbocycles. The lowest BCUT2D eigenvalue weighted by atomic mass is 10.0. The Hall–Kier alpha value is -2.84. The molecule has 0 aliphatic rings. The van der Waals surface area contributed by atoms with Crippen LogP contribution in [0.4, 0.5) is 4.39 Å². The molecule has 154 valence electrons. The number of aromatic nitrogens is 4. The lowest BCUT2D eigenvalue weighted by Gasteiger charge is -2.09. The summed E-state index contributed by atoms with van der Waals surface area (Å²) in [4.78, 5) is 4.58. The molecule has 0 bridgehead atoms. The van der Waals surface area contributed by atoms with Crippen molar-refractivity contribution < 1.29 is 9.13 Å². The SMILES string of the molecule is Cc1ccc2cc(CSc3nnc(COc4ccc(F)cc4)n3N)c(Cl)nc2c1C. The number of aryl methyl sites for hydroxylation is 2. The van der Waals surface area contributed by atoms with Crippen LogP contribution < -0.4 is 10.6 Å². The number of hydrogen-bond donors (Lipinski definition) is 1. The van der Waals surface area contributed by atoms with Crippen molar-refractivity contribution in [2.24, 2.45) is 0 Å². The third kappa shape index (κ3) is 4.20. The fraction of sp³-hybridized carbons (Fsp3) is 0.190. The first-order chi connectivity index (χ1) is 14.4. The van der Waals surface area contributed by atoms with E-state index in [0.717, 1.165) is 22.0 Å². The van der Waals surface area contributed by atoms with Gasteiger partial charge in [0.1, 0.15) is 23.3 Å². The molecule has 2 N–H and O–H groups in total. The van der Waals surface area contributed by atoms with E-state index in [0.29, 0.717) is 27.6 Å². The minimum Gasteiger partial charge on any atom is -0.486 e. The molecule has 0 amide bonds. The first-order valence-corrected chi connectivity index (χ1v) is 10.5. The van der Waals surface area contributed by atoms with Gasteiger partial charge in [-0.2, -0.15) is 0 Å². The zero-order valence-electron chi connectivity index (χ0n) is 16.4. The summed E-state index contributed by atoms with van der Waals surface area (Å²) in [6, 6.07) is 11.9. The largest absolute Gasteiger partial charge is 0.486 e. The van der Waals surface area contributed by atoms with Gasteiger partial charge in [0.2, 0.25) is 5.16 Å². The maximum Gasteiger partial charge on any atom is 0.210 e. The Morgan fingerprint density at radius 1 is 1.13 bits per heavy atom. The molecule has 0 radical (unpaired) electrons. The minimum atomic E-state index is -0.324. The molecule has 2 heterocycles. The Kier molecular flexibility index (Phi) is 5.78. The zero-order valence-corrected chi connectivity index (χ0v) is 18.0. The second kappa shape index (κ2) is 8.49. The van der Waals surface area contributed by atoms with Crippen LogP contribution in [0.1, 0.15) is 22.5 Å². The quantitative estimate of drug-likeness (QED) is 0.261. The van der Waals surface area contributed by atoms with Gasteiger partial charge in [-0.25, -0.2) is 14.1 Å². The second-order valence-electron chi connectivity index (χ2n) is 6.82. The highest BCUT2D eigenvalue weighted by Gasteiger charge is 2.14. The number of pyridine rings is 1. The van der Waals surface area contributed by atoms with Crippen LogP contribution in [-0.2, 0) is 12.4 Å². The fourth-order valence-electron chi connectivity index (χ4n) is 2.93. The third-order valence-electron chi connectivity index (χ3n) is 4.81. The highest BCUT2D eigenvalue weighted by molar-refractivity contribution is 7.98. The van der Waals surface area contributed by atoms with Crippen molar-refractivity contribution in [3.8, 4) is 5.75 Å². The lowest BCUT2D eigenvalue weighted by molar-refractivity contribution is 0.291. The maximum absolute atomic E-state index is 13.0. The molecule has 0 fully saturated rings. The van der Waals surface area contributed by atoms with Gasteiger partial charge in [-0.15, -0.1) is 10.2 Å². The summed E-state index contributed by atoms with van der Waals surface area (Å²) in [6.45, 7) is 4.22. The van der Waals surface area contributed by atoms with Gasteiger partial charge < -0.3 is 10.6 Å². The Balaban J connectivity index is 1.46. The van der Waals surface area contributed by atoms with Gasteiger partial charge in [-0.3, -0.25) is 0 Å². The molecule has 0 spiro atoms. The van der Waals surface area contributed by atoms with Crippen LogP contribution in [0.15, 0.2) is 47.6 Å². The van der Waals surface area contributed by atoms with Crippen molar-refractivity contribution in [1.29, 1.82) is 0 Å². The number of fused-ring (bicyclic) bond motifs is 1. The summed E-state index contributed by atoms with van der Waals surface area (Å²) in [5.74, 6) is 7.30. The molecule has 30 heavy (non-hydrogen) atoms. The number of nitrogens with zero attached hydrogens (tertiary/aromatic N) is 4. The molecule has 2 aromatic heterocycles. The number of rotatable bonds is 6. The number of ether oxygens (including phenoxy) is 1. The van der Waals surface area contributed by atoms with E-state index < -0.39 is 0 Å². The summed E-state index contributed by atoms with van der Waals surface area (Å²) in [6.07, 6.45) is 0. The number of halogens is 2. The predicted molar refractivity (Wildman–Crippen MR) is 117 cm³/mol. The normalized spacial score (nSPS) is 11.2. The number of thioether (sulfide) groups is 1. The average Bonchev–Trinajstić information content (AvgIpc) is 3.09. The molecule has 0 aliphatic heterocycles. The van der Waals surface area contributed by atoms with Crippen molar-refractivity contribution in [2.45, 2.75) is 31.4 Å². The van der Waals surface area contributed by atoms with Crippen LogP contribution in [-0.4, -0.2) is 19.9 Å². The second-order valence-corrected chi connectivity index (χ2v) is 8.12. The number of nitrogen functional groups attached to an aromatic ring is 1. The zero-order chi connectivity index (χ0) is 21.3. The third-order valence-corrected chi connectivity index (χ3v) is 6.13. The van der Waals surface area contributed by atoms with Crippen molar-refractivity contribution in [2.75, 3.05) is 5.84 Å². The molecule has 0 saturated heterocycles. The Bertz CT molecular complexity index is 1210. The molecule has 0 unspecified atom stereocenters. The number of nitrogens with two attached hydrogens (primary N) is 1. The highest BCUT2D eigenvalue weighted by Crippen LogP contribution is 2.29. The van der Waals surface area contributed by atoms with Gasteiger partial charge in [-0.05, 0) is 55.3 Å². The van der Waals surface area contributed by atoms with Crippen LogP contribution in [0, 0.1) is 19.7 Å². The molecule has 4 rings (SSSR count). The molecule has 9 heteroatoms. The predicted octanol–water partition coefficient (Wildman–Crippen LogP) is 4.82. The summed E-state index contributed by atoms with van der Waals surface area (Å²) in [5.41, 5.74) is 4.11. The van der Waals surface area contributed by atoms with Crippen molar-refractivity contribution in [1.82, 2.24) is 19.9 Å². The standard InChI is InChI=1S/C21H19ClFN5OS/c1-12-3-4-14-9-15(20(22)25-19(14)13(12)2)11-30-21-27-26-18(28(21)24)10-29-17-7-5-16(23)6-8-17/h3-9H,10-11,24H2,1-2H3. The molecular formula is C21H19ClFN5OS. The summed E-state index contributed by atoms with van der Waals surface area (Å²) in [7, 11) is 0. The Labute approximate surface area is 182 Å². The van der Waals surface area contributed by atoms with Gasteiger partial charge in [-0.1, -0.05) is 35.5 Å². The van der Waals surface area contributed by atoms with Crippen LogP contribution in [0.5, 0.6) is 5.75 Å². The molecule has 4 aromatic rings. The van der Waals surface area contributed by atoms with Gasteiger partial charge >= 0.3 is 0 Å². The average molecular weight is 444 g/mol. The van der Waals surface area contributed by atoms with Crippen LogP contribution >= 0.6 is 23.4 Å². The van der Waals surface area contributed by atoms with E-state index in [4.69, 9.17) is 22.2 Å². The fourth-order valence-corrected chi connectivity index (χ4v) is 4.06. The molecule has 2 aromatic carbocycles. The Morgan fingerprint density at radius 3 is 2.67 bits per heavy atom. The van der Waals surface area contributed by atoms with E-state index in [1.165, 1.54) is 34.1 Å². The number of hydrogen-bond acceptors (Lipinski definition) is 6. The Morgan fingerprint density at radius 2 is 1.90 bits per heavy atom. The summed E-state index contributed by atoms with van der Waals surface area (Å²) >= 11 is 7.83. The topological polar surface area (TPSA) is 78.9 Å². The summed E-state index contributed by atoms with van der Waals surface area (Å²) < 4.78 is 19.9. The van der Waals surface area contributed by atoms with E-state index in [-0.39, 0.29) is 12.4 Å². The van der Waals surface area contributed by atoms with Crippen molar-refractivity contribution >= 4 is 34.3 Å². The molecule has 0 atom stereocenters. The van der Waals surface area contributed by atoms with Gasteiger partial charge in [0.15, 0.2) is 5.82 Å². The van der Waals surface area contributed by atoms with Crippen LogP contribution in [0.3, 0.4) is 0 Å². The van der Waals surface area contributed by atoms with Crippen LogP contribution in [0.25, 0.3) is 10.9 Å². The summed E-state index contributed by atoms with van der Waals surface area (Å²) in [5, 5.41) is 10.2. The molecular weight excluding hydrogens is 425 g/mol. The van der Waals surface area contributed by atoms with E-state index >= 15 is 0 Å². The van der Waals surface area contributed by atoms with Crippen LogP contribution in [0.2, 0.25) is 5.15 Å². The first-order valence-electron chi connectivity index (χ1n) is 9.18. The highest BCUT2D eigenvalue weighted by atomic mass is 35.5. The van der Waals surface area contributed by atoms with E-state index in [2.05, 4.69) is 28.2 Å². The molecule has 0 saturated carbocycles. The monoisotopic (exact) mass is 443 g/mol. The molecule has 6 nitrogen and oxygen atoms in total. The van der Waals surface area contributed by atoms with E-state index in [9.17, 15) is 4.39 Å². The maximum atomic E-state index is 13.0. The number of benzene rings is 2. The van der Waals surface area contributed by atoms with E-state index in [1.807, 2.05) is 19.1 Å². The first kappa shape index (κ1) is 20.4. The van der Waals surface area contributed by atoms with Crippen molar-refractivity contribution in [3.05, 3.63) is 75.9 Å². The van der Waals surface area contributed by atoms with Crippen molar-refractivity contribution in [3.63, 3.8) is 0 Å². The lowest BCUT2D eigenvalue weighted by Crippen LogP contribution is -2.15. The minimum absolute atomic E-state index is 0.118. The van der Waals surface area contributed by atoms with Gasteiger partial charge in [0, 0.05) is 16.7 Å².